The van der Waals surface area contributed by atoms with Crippen LogP contribution in [0, 0.1) is 0 Å². The summed E-state index contributed by atoms with van der Waals surface area (Å²) in [4.78, 5) is 11.8. The highest BCUT2D eigenvalue weighted by molar-refractivity contribution is 6.30. The number of halogens is 1. The Morgan fingerprint density at radius 1 is 0.833 bits per heavy atom. The molecule has 1 heterocycles. The summed E-state index contributed by atoms with van der Waals surface area (Å²) in [6, 6.07) is 26.4. The number of hydrogen-bond donors (Lipinski definition) is 0. The molecule has 0 saturated heterocycles. The third-order valence-corrected chi connectivity index (χ3v) is 5.98. The molecule has 0 atom stereocenters. The molecule has 6 rings (SSSR count). The fraction of sp³-hybridized carbons (Fsp3) is 0.0385. The molecule has 1 aliphatic rings. The van der Waals surface area contributed by atoms with E-state index in [1.54, 1.807) is 0 Å². The first-order valence-corrected chi connectivity index (χ1v) is 10.2. The molecule has 0 radical (unpaired) electrons. The lowest BCUT2D eigenvalue weighted by molar-refractivity contribution is -0.131. The molecule has 144 valence electrons. The minimum Gasteiger partial charge on any atom is -0.426 e. The Hall–Kier alpha value is -3.56. The Kier molecular flexibility index (Phi) is 3.59. The molecule has 5 aromatic rings. The SMILES string of the molecule is CC(=O)Oc1cccc2c1c1c(n2-c2ccc(Cl)cc2)-c2cccc3cccc-1c23. The van der Waals surface area contributed by atoms with Crippen molar-refractivity contribution >= 4 is 39.2 Å². The predicted molar refractivity (Wildman–Crippen MR) is 122 cm³/mol. The monoisotopic (exact) mass is 409 g/mol. The van der Waals surface area contributed by atoms with Crippen LogP contribution in [0.1, 0.15) is 6.92 Å². The van der Waals surface area contributed by atoms with Gasteiger partial charge in [-0.2, -0.15) is 0 Å². The van der Waals surface area contributed by atoms with Crippen LogP contribution >= 0.6 is 11.6 Å². The van der Waals surface area contributed by atoms with Crippen LogP contribution in [0.25, 0.3) is 49.7 Å². The van der Waals surface area contributed by atoms with Crippen LogP contribution in [0.4, 0.5) is 0 Å². The van der Waals surface area contributed by atoms with Crippen molar-refractivity contribution in [1.82, 2.24) is 4.57 Å². The Labute approximate surface area is 178 Å². The Balaban J connectivity index is 1.82. The van der Waals surface area contributed by atoms with Gasteiger partial charge < -0.3 is 9.30 Å². The first-order valence-electron chi connectivity index (χ1n) is 9.78. The molecular weight excluding hydrogens is 394 g/mol. The molecule has 0 aliphatic heterocycles. The highest BCUT2D eigenvalue weighted by Gasteiger charge is 2.31. The highest BCUT2D eigenvalue weighted by atomic mass is 35.5. The van der Waals surface area contributed by atoms with E-state index in [0.717, 1.165) is 33.4 Å². The van der Waals surface area contributed by atoms with E-state index in [-0.39, 0.29) is 5.97 Å². The predicted octanol–water partition coefficient (Wildman–Crippen LogP) is 7.01. The van der Waals surface area contributed by atoms with Gasteiger partial charge in [0.05, 0.1) is 16.6 Å². The number of carbonyl (C=O) groups excluding carboxylic acids is 1. The number of hydrogen-bond acceptors (Lipinski definition) is 2. The van der Waals surface area contributed by atoms with Gasteiger partial charge in [-0.3, -0.25) is 4.79 Å². The van der Waals surface area contributed by atoms with Crippen molar-refractivity contribution in [2.75, 3.05) is 0 Å². The number of carbonyl (C=O) groups is 1. The van der Waals surface area contributed by atoms with Crippen molar-refractivity contribution in [2.45, 2.75) is 6.92 Å². The van der Waals surface area contributed by atoms with E-state index in [1.807, 2.05) is 36.4 Å². The van der Waals surface area contributed by atoms with Crippen LogP contribution in [0.15, 0.2) is 78.9 Å². The average Bonchev–Trinajstić information content (AvgIpc) is 3.24. The zero-order chi connectivity index (χ0) is 20.4. The summed E-state index contributed by atoms with van der Waals surface area (Å²) >= 11 is 6.16. The quantitative estimate of drug-likeness (QED) is 0.227. The number of ether oxygens (including phenoxy) is 1. The number of esters is 1. The van der Waals surface area contributed by atoms with Crippen LogP contribution < -0.4 is 4.74 Å². The first-order chi connectivity index (χ1) is 14.6. The second-order valence-electron chi connectivity index (χ2n) is 7.49. The zero-order valence-corrected chi connectivity index (χ0v) is 16.9. The number of nitrogens with zero attached hydrogens (tertiary/aromatic N) is 1. The topological polar surface area (TPSA) is 31.2 Å². The van der Waals surface area contributed by atoms with E-state index < -0.39 is 0 Å². The number of aromatic nitrogens is 1. The number of rotatable bonds is 2. The molecule has 0 bridgehead atoms. The van der Waals surface area contributed by atoms with Gasteiger partial charge in [0.15, 0.2) is 0 Å². The summed E-state index contributed by atoms with van der Waals surface area (Å²) in [6.07, 6.45) is 0. The largest absolute Gasteiger partial charge is 0.426 e. The van der Waals surface area contributed by atoms with Gasteiger partial charge in [-0.25, -0.2) is 0 Å². The zero-order valence-electron chi connectivity index (χ0n) is 16.1. The van der Waals surface area contributed by atoms with Crippen LogP contribution in [-0.4, -0.2) is 10.5 Å². The molecule has 4 heteroatoms. The van der Waals surface area contributed by atoms with Gasteiger partial charge in [-0.1, -0.05) is 54.1 Å². The second-order valence-corrected chi connectivity index (χ2v) is 7.93. The van der Waals surface area contributed by atoms with Crippen molar-refractivity contribution in [3.05, 3.63) is 83.9 Å². The Morgan fingerprint density at radius 2 is 1.53 bits per heavy atom. The van der Waals surface area contributed by atoms with Crippen LogP contribution in [-0.2, 0) is 4.79 Å². The molecular formula is C26H16ClNO2. The molecule has 0 amide bonds. The van der Waals surface area contributed by atoms with Crippen molar-refractivity contribution in [3.8, 4) is 33.8 Å². The highest BCUT2D eigenvalue weighted by Crippen LogP contribution is 2.54. The van der Waals surface area contributed by atoms with E-state index in [1.165, 1.54) is 23.3 Å². The van der Waals surface area contributed by atoms with E-state index in [9.17, 15) is 4.79 Å². The van der Waals surface area contributed by atoms with Crippen molar-refractivity contribution < 1.29 is 9.53 Å². The third kappa shape index (κ3) is 2.30. The third-order valence-electron chi connectivity index (χ3n) is 5.72. The van der Waals surface area contributed by atoms with Gasteiger partial charge in [0, 0.05) is 28.8 Å². The fourth-order valence-electron chi connectivity index (χ4n) is 4.67. The maximum Gasteiger partial charge on any atom is 0.308 e. The van der Waals surface area contributed by atoms with Gasteiger partial charge in [0.2, 0.25) is 0 Å². The molecule has 1 aliphatic carbocycles. The molecule has 3 nitrogen and oxygen atoms in total. The molecule has 0 spiro atoms. The average molecular weight is 410 g/mol. The van der Waals surface area contributed by atoms with Crippen molar-refractivity contribution in [1.29, 1.82) is 0 Å². The summed E-state index contributed by atoms with van der Waals surface area (Å²) in [5.41, 5.74) is 6.55. The van der Waals surface area contributed by atoms with Gasteiger partial charge >= 0.3 is 5.97 Å². The smallest absolute Gasteiger partial charge is 0.308 e. The van der Waals surface area contributed by atoms with Gasteiger partial charge in [-0.15, -0.1) is 0 Å². The lowest BCUT2D eigenvalue weighted by atomic mass is 10.0. The van der Waals surface area contributed by atoms with Crippen molar-refractivity contribution in [2.24, 2.45) is 0 Å². The molecule has 0 N–H and O–H groups in total. The second kappa shape index (κ2) is 6.22. The Bertz CT molecular complexity index is 1490. The van der Waals surface area contributed by atoms with Crippen LogP contribution in [0.5, 0.6) is 5.75 Å². The van der Waals surface area contributed by atoms with E-state index >= 15 is 0 Å². The first kappa shape index (κ1) is 17.3. The van der Waals surface area contributed by atoms with Gasteiger partial charge in [-0.05, 0) is 52.7 Å². The molecule has 0 saturated carbocycles. The minimum absolute atomic E-state index is 0.329. The minimum atomic E-state index is -0.329. The molecule has 1 aromatic heterocycles. The van der Waals surface area contributed by atoms with Gasteiger partial charge in [0.25, 0.3) is 0 Å². The molecule has 30 heavy (non-hydrogen) atoms. The lowest BCUT2D eigenvalue weighted by Gasteiger charge is -2.12. The summed E-state index contributed by atoms with van der Waals surface area (Å²) < 4.78 is 7.88. The van der Waals surface area contributed by atoms with E-state index in [4.69, 9.17) is 16.3 Å². The fourth-order valence-corrected chi connectivity index (χ4v) is 4.80. The van der Waals surface area contributed by atoms with Crippen molar-refractivity contribution in [3.63, 3.8) is 0 Å². The lowest BCUT2D eigenvalue weighted by Crippen LogP contribution is -2.02. The summed E-state index contributed by atoms with van der Waals surface area (Å²) in [5.74, 6) is 0.248. The maximum atomic E-state index is 11.8. The van der Waals surface area contributed by atoms with Crippen LogP contribution in [0.3, 0.4) is 0 Å². The number of benzene rings is 4. The van der Waals surface area contributed by atoms with Crippen LogP contribution in [0.2, 0.25) is 5.02 Å². The molecule has 0 fully saturated rings. The summed E-state index contributed by atoms with van der Waals surface area (Å²) in [7, 11) is 0. The normalized spacial score (nSPS) is 11.8. The van der Waals surface area contributed by atoms with E-state index in [2.05, 4.69) is 47.0 Å². The molecule has 0 unspecified atom stereocenters. The summed E-state index contributed by atoms with van der Waals surface area (Å²) in [5, 5.41) is 4.06. The standard InChI is InChI=1S/C26H16ClNO2/c1-15(29)30-22-10-4-9-21-25(22)24-19-7-2-5-16-6-3-8-20(23(16)19)26(24)28(21)18-13-11-17(27)12-14-18/h2-14H,1H3. The van der Waals surface area contributed by atoms with Gasteiger partial charge in [0.1, 0.15) is 5.75 Å². The summed E-state index contributed by atoms with van der Waals surface area (Å²) in [6.45, 7) is 1.44. The number of fused-ring (bicyclic) bond motifs is 5. The molecule has 4 aromatic carbocycles. The maximum absolute atomic E-state index is 11.8. The van der Waals surface area contributed by atoms with E-state index in [0.29, 0.717) is 10.8 Å². The Morgan fingerprint density at radius 3 is 2.27 bits per heavy atom.